The molecular weight excluding hydrogens is 385 g/mol. The van der Waals surface area contributed by atoms with E-state index in [1.807, 2.05) is 33.9 Å². The molecule has 2 heterocycles. The van der Waals surface area contributed by atoms with Crippen molar-refractivity contribution in [3.63, 3.8) is 0 Å². The number of nitrogens with zero attached hydrogens (tertiary/aromatic N) is 2. The molecule has 2 aromatic rings. The lowest BCUT2D eigenvalue weighted by atomic mass is 10.1. The zero-order valence-electron chi connectivity index (χ0n) is 18.2. The fourth-order valence-electron chi connectivity index (χ4n) is 3.62. The minimum absolute atomic E-state index is 0.0345. The van der Waals surface area contributed by atoms with Crippen LogP contribution in [-0.4, -0.2) is 59.8 Å². The maximum atomic E-state index is 13.4. The number of carbonyl (C=O) groups is 1. The summed E-state index contributed by atoms with van der Waals surface area (Å²) in [4.78, 5) is 22.1. The predicted molar refractivity (Wildman–Crippen MR) is 117 cm³/mol. The number of hydrogen-bond donors (Lipinski definition) is 3. The summed E-state index contributed by atoms with van der Waals surface area (Å²) in [6.07, 6.45) is 3.14. The summed E-state index contributed by atoms with van der Waals surface area (Å²) in [5.41, 5.74) is 1.42. The van der Waals surface area contributed by atoms with Crippen molar-refractivity contribution in [2.75, 3.05) is 26.2 Å². The van der Waals surface area contributed by atoms with Gasteiger partial charge in [-0.2, -0.15) is 0 Å². The van der Waals surface area contributed by atoms with Crippen LogP contribution in [0, 0.1) is 5.82 Å². The number of benzene rings is 1. The molecule has 1 aliphatic heterocycles. The molecule has 8 heteroatoms. The summed E-state index contributed by atoms with van der Waals surface area (Å²) in [5.74, 6) is 0.601. The first kappa shape index (κ1) is 21.9. The van der Waals surface area contributed by atoms with Crippen LogP contribution in [0.1, 0.15) is 39.7 Å². The molecule has 0 bridgehead atoms. The molecule has 0 aliphatic carbocycles. The quantitative estimate of drug-likeness (QED) is 0.514. The molecule has 1 unspecified atom stereocenters. The molecule has 0 spiro atoms. The highest BCUT2D eigenvalue weighted by Gasteiger charge is 2.27. The highest BCUT2D eigenvalue weighted by Crippen LogP contribution is 2.20. The molecule has 1 fully saturated rings. The molecule has 164 valence electrons. The monoisotopic (exact) mass is 417 g/mol. The normalized spacial score (nSPS) is 17.4. The third kappa shape index (κ3) is 5.87. The fraction of sp³-hybridized carbons (Fsp3) is 0.545. The van der Waals surface area contributed by atoms with Gasteiger partial charge in [0.2, 0.25) is 0 Å². The van der Waals surface area contributed by atoms with Crippen molar-refractivity contribution in [2.24, 2.45) is 4.99 Å². The van der Waals surface area contributed by atoms with Gasteiger partial charge in [0.1, 0.15) is 11.4 Å². The molecule has 1 amide bonds. The minimum atomic E-state index is -0.507. The van der Waals surface area contributed by atoms with E-state index in [0.717, 1.165) is 48.4 Å². The largest absolute Gasteiger partial charge is 0.444 e. The second kappa shape index (κ2) is 9.36. The van der Waals surface area contributed by atoms with Gasteiger partial charge in [-0.05, 0) is 64.3 Å². The van der Waals surface area contributed by atoms with Gasteiger partial charge in [0.25, 0.3) is 0 Å². The molecule has 1 aliphatic rings. The zero-order valence-corrected chi connectivity index (χ0v) is 18.2. The first-order valence-corrected chi connectivity index (χ1v) is 10.5. The standard InChI is InChI=1S/C22H32FN5O2/c1-5-24-20(28-11-9-17(14-28)27-21(29)30-22(2,3)4)25-10-8-15-13-26-19-12-16(23)6-7-18(15)19/h6-7,12-13,17,26H,5,8-11,14H2,1-4H3,(H,24,25)(H,27,29). The Morgan fingerprint density at radius 2 is 2.20 bits per heavy atom. The minimum Gasteiger partial charge on any atom is -0.444 e. The summed E-state index contributed by atoms with van der Waals surface area (Å²) in [7, 11) is 0. The molecule has 30 heavy (non-hydrogen) atoms. The van der Waals surface area contributed by atoms with Crippen LogP contribution in [0.25, 0.3) is 10.9 Å². The van der Waals surface area contributed by atoms with Crippen molar-refractivity contribution < 1.29 is 13.9 Å². The van der Waals surface area contributed by atoms with Crippen molar-refractivity contribution in [1.29, 1.82) is 0 Å². The molecule has 1 saturated heterocycles. The third-order valence-electron chi connectivity index (χ3n) is 4.92. The van der Waals surface area contributed by atoms with Gasteiger partial charge in [0.15, 0.2) is 5.96 Å². The fourth-order valence-corrected chi connectivity index (χ4v) is 3.62. The number of amides is 1. The average Bonchev–Trinajstić information content (AvgIpc) is 3.26. The molecule has 7 nitrogen and oxygen atoms in total. The van der Waals surface area contributed by atoms with Gasteiger partial charge in [-0.25, -0.2) is 9.18 Å². The van der Waals surface area contributed by atoms with E-state index in [2.05, 4.69) is 20.5 Å². The molecule has 3 N–H and O–H groups in total. The number of halogens is 1. The second-order valence-corrected chi connectivity index (χ2v) is 8.57. The van der Waals surface area contributed by atoms with E-state index >= 15 is 0 Å². The Balaban J connectivity index is 1.57. The molecule has 1 aromatic carbocycles. The van der Waals surface area contributed by atoms with Crippen molar-refractivity contribution in [2.45, 2.75) is 52.2 Å². The number of H-pyrrole nitrogens is 1. The molecule has 1 aromatic heterocycles. The van der Waals surface area contributed by atoms with E-state index in [-0.39, 0.29) is 18.0 Å². The third-order valence-corrected chi connectivity index (χ3v) is 4.92. The summed E-state index contributed by atoms with van der Waals surface area (Å²) in [6, 6.07) is 4.83. The number of aliphatic imine (C=N–C) groups is 1. The SMILES string of the molecule is CCNC(=NCCc1c[nH]c2cc(F)ccc12)N1CCC(NC(=O)OC(C)(C)C)C1. The Bertz CT molecular complexity index is 903. The number of hydrogen-bond acceptors (Lipinski definition) is 3. The van der Waals surface area contributed by atoms with E-state index in [1.54, 1.807) is 6.07 Å². The van der Waals surface area contributed by atoms with Gasteiger partial charge >= 0.3 is 6.09 Å². The molecule has 0 radical (unpaired) electrons. The number of ether oxygens (including phenoxy) is 1. The lowest BCUT2D eigenvalue weighted by molar-refractivity contribution is 0.0507. The number of aromatic nitrogens is 1. The number of alkyl carbamates (subject to hydrolysis) is 1. The number of fused-ring (bicyclic) bond motifs is 1. The number of likely N-dealkylation sites (tertiary alicyclic amines) is 1. The average molecular weight is 418 g/mol. The first-order chi connectivity index (χ1) is 14.2. The van der Waals surface area contributed by atoms with Crippen molar-refractivity contribution in [1.82, 2.24) is 20.5 Å². The number of guanidine groups is 1. The summed E-state index contributed by atoms with van der Waals surface area (Å²) >= 11 is 0. The van der Waals surface area contributed by atoms with Gasteiger partial charge in [-0.3, -0.25) is 4.99 Å². The molecule has 1 atom stereocenters. The Morgan fingerprint density at radius 3 is 2.93 bits per heavy atom. The Kier molecular flexibility index (Phi) is 6.84. The highest BCUT2D eigenvalue weighted by molar-refractivity contribution is 5.83. The van der Waals surface area contributed by atoms with Crippen LogP contribution in [-0.2, 0) is 11.2 Å². The van der Waals surface area contributed by atoms with Crippen molar-refractivity contribution >= 4 is 23.0 Å². The molecular formula is C22H32FN5O2. The smallest absolute Gasteiger partial charge is 0.407 e. The maximum Gasteiger partial charge on any atom is 0.407 e. The van der Waals surface area contributed by atoms with Gasteiger partial charge in [0.05, 0.1) is 6.04 Å². The van der Waals surface area contributed by atoms with Gasteiger partial charge < -0.3 is 25.3 Å². The number of aromatic amines is 1. The number of rotatable bonds is 5. The Morgan fingerprint density at radius 1 is 1.40 bits per heavy atom. The van der Waals surface area contributed by atoms with Crippen LogP contribution in [0.3, 0.4) is 0 Å². The van der Waals surface area contributed by atoms with Crippen LogP contribution in [0.15, 0.2) is 29.4 Å². The first-order valence-electron chi connectivity index (χ1n) is 10.5. The van der Waals surface area contributed by atoms with Gasteiger partial charge in [0, 0.05) is 43.3 Å². The lowest BCUT2D eigenvalue weighted by Crippen LogP contribution is -2.44. The van der Waals surface area contributed by atoms with Gasteiger partial charge in [-0.15, -0.1) is 0 Å². The predicted octanol–water partition coefficient (Wildman–Crippen LogP) is 3.41. The molecule has 0 saturated carbocycles. The number of carbonyl (C=O) groups excluding carboxylic acids is 1. The van der Waals surface area contributed by atoms with Crippen molar-refractivity contribution in [3.8, 4) is 0 Å². The summed E-state index contributed by atoms with van der Waals surface area (Å²) in [5, 5.41) is 7.31. The Labute approximate surface area is 177 Å². The molecule has 3 rings (SSSR count). The van der Waals surface area contributed by atoms with Gasteiger partial charge in [-0.1, -0.05) is 0 Å². The summed E-state index contributed by atoms with van der Waals surface area (Å²) < 4.78 is 18.7. The van der Waals surface area contributed by atoms with Crippen LogP contribution in [0.4, 0.5) is 9.18 Å². The number of nitrogens with one attached hydrogen (secondary N) is 3. The van der Waals surface area contributed by atoms with Crippen LogP contribution < -0.4 is 10.6 Å². The van der Waals surface area contributed by atoms with Crippen molar-refractivity contribution in [3.05, 3.63) is 35.8 Å². The van der Waals surface area contributed by atoms with E-state index in [9.17, 15) is 9.18 Å². The topological polar surface area (TPSA) is 81.8 Å². The van der Waals surface area contributed by atoms with E-state index < -0.39 is 5.60 Å². The van der Waals surface area contributed by atoms with E-state index in [0.29, 0.717) is 13.1 Å². The second-order valence-electron chi connectivity index (χ2n) is 8.57. The van der Waals surface area contributed by atoms with E-state index in [1.165, 1.54) is 12.1 Å². The van der Waals surface area contributed by atoms with Crippen LogP contribution in [0.5, 0.6) is 0 Å². The van der Waals surface area contributed by atoms with Crippen LogP contribution >= 0.6 is 0 Å². The Hall–Kier alpha value is -2.77. The van der Waals surface area contributed by atoms with Crippen LogP contribution in [0.2, 0.25) is 0 Å². The van der Waals surface area contributed by atoms with E-state index in [4.69, 9.17) is 9.73 Å². The highest BCUT2D eigenvalue weighted by atomic mass is 19.1. The summed E-state index contributed by atoms with van der Waals surface area (Å²) in [6.45, 7) is 10.5. The maximum absolute atomic E-state index is 13.4. The zero-order chi connectivity index (χ0) is 21.7. The lowest BCUT2D eigenvalue weighted by Gasteiger charge is -2.23.